The van der Waals surface area contributed by atoms with Crippen molar-refractivity contribution in [2.24, 2.45) is 5.92 Å². The van der Waals surface area contributed by atoms with Gasteiger partial charge >= 0.3 is 0 Å². The molecule has 5 rings (SSSR count). The highest BCUT2D eigenvalue weighted by atomic mass is 16.7. The molecule has 2 aliphatic heterocycles. The Morgan fingerprint density at radius 2 is 1.74 bits per heavy atom. The number of piperazine rings is 1. The maximum Gasteiger partial charge on any atom is 0.260 e. The second kappa shape index (κ2) is 8.13. The summed E-state index contributed by atoms with van der Waals surface area (Å²) in [5, 5.41) is 0. The smallest absolute Gasteiger partial charge is 0.260 e. The molecule has 1 saturated heterocycles. The van der Waals surface area contributed by atoms with Crippen molar-refractivity contribution in [2.75, 3.05) is 39.6 Å². The zero-order valence-corrected chi connectivity index (χ0v) is 17.6. The molecule has 2 aromatic rings. The van der Waals surface area contributed by atoms with Crippen LogP contribution in [0.1, 0.15) is 23.5 Å². The third-order valence-electron chi connectivity index (χ3n) is 6.32. The molecule has 2 heterocycles. The number of benzene rings is 2. The number of amides is 2. The van der Waals surface area contributed by atoms with Gasteiger partial charge in [0.1, 0.15) is 5.75 Å². The fourth-order valence-corrected chi connectivity index (χ4v) is 4.34. The van der Waals surface area contributed by atoms with E-state index in [2.05, 4.69) is 0 Å². The van der Waals surface area contributed by atoms with E-state index in [1.807, 2.05) is 54.3 Å². The van der Waals surface area contributed by atoms with Crippen LogP contribution in [0, 0.1) is 12.8 Å². The first-order valence-electron chi connectivity index (χ1n) is 10.7. The molecule has 2 amide bonds. The fourth-order valence-electron chi connectivity index (χ4n) is 4.34. The van der Waals surface area contributed by atoms with E-state index in [0.29, 0.717) is 26.2 Å². The molecular weight excluding hydrogens is 396 g/mol. The van der Waals surface area contributed by atoms with Gasteiger partial charge in [0.2, 0.25) is 12.7 Å². The number of aryl methyl sites for hydroxylation is 1. The van der Waals surface area contributed by atoms with Crippen LogP contribution in [0.25, 0.3) is 0 Å². The van der Waals surface area contributed by atoms with Gasteiger partial charge in [-0.25, -0.2) is 0 Å². The summed E-state index contributed by atoms with van der Waals surface area (Å²) >= 11 is 0. The summed E-state index contributed by atoms with van der Waals surface area (Å²) in [4.78, 5) is 29.1. The molecular formula is C24H26N2O5. The monoisotopic (exact) mass is 422 g/mol. The number of hydrogen-bond donors (Lipinski definition) is 0. The van der Waals surface area contributed by atoms with Crippen LogP contribution in [-0.2, 0) is 9.59 Å². The van der Waals surface area contributed by atoms with Crippen LogP contribution in [0.3, 0.4) is 0 Å². The van der Waals surface area contributed by atoms with Crippen molar-refractivity contribution in [3.8, 4) is 17.2 Å². The molecule has 0 N–H and O–H groups in total. The van der Waals surface area contributed by atoms with Gasteiger partial charge in [-0.2, -0.15) is 0 Å². The summed E-state index contributed by atoms with van der Waals surface area (Å²) in [5.74, 6) is 2.66. The highest BCUT2D eigenvalue weighted by Gasteiger charge is 2.46. The summed E-state index contributed by atoms with van der Waals surface area (Å²) in [6.45, 7) is 4.46. The van der Waals surface area contributed by atoms with Gasteiger partial charge in [0.15, 0.2) is 18.1 Å². The molecule has 31 heavy (non-hydrogen) atoms. The Balaban J connectivity index is 1.10. The first kappa shape index (κ1) is 19.7. The van der Waals surface area contributed by atoms with Crippen molar-refractivity contribution >= 4 is 11.8 Å². The van der Waals surface area contributed by atoms with Gasteiger partial charge in [0.05, 0.1) is 0 Å². The Hall–Kier alpha value is -3.22. The number of fused-ring (bicyclic) bond motifs is 1. The first-order valence-corrected chi connectivity index (χ1v) is 10.7. The summed E-state index contributed by atoms with van der Waals surface area (Å²) < 4.78 is 16.5. The molecule has 162 valence electrons. The van der Waals surface area contributed by atoms with Gasteiger partial charge in [0, 0.05) is 32.1 Å². The predicted octanol–water partition coefficient (Wildman–Crippen LogP) is 2.58. The molecule has 7 heteroatoms. The first-order chi connectivity index (χ1) is 15.1. The quantitative estimate of drug-likeness (QED) is 0.741. The van der Waals surface area contributed by atoms with Gasteiger partial charge in [-0.05, 0) is 48.6 Å². The zero-order valence-electron chi connectivity index (χ0n) is 17.6. The van der Waals surface area contributed by atoms with Crippen LogP contribution in [0.15, 0.2) is 42.5 Å². The number of carbonyl (C=O) groups excluding carboxylic acids is 2. The van der Waals surface area contributed by atoms with Crippen LogP contribution < -0.4 is 14.2 Å². The van der Waals surface area contributed by atoms with Gasteiger partial charge in [-0.1, -0.05) is 24.3 Å². The van der Waals surface area contributed by atoms with Gasteiger partial charge in [0.25, 0.3) is 5.91 Å². The Labute approximate surface area is 181 Å². The highest BCUT2D eigenvalue weighted by Crippen LogP contribution is 2.50. The van der Waals surface area contributed by atoms with E-state index in [-0.39, 0.29) is 37.0 Å². The summed E-state index contributed by atoms with van der Waals surface area (Å²) in [7, 11) is 0. The van der Waals surface area contributed by atoms with Crippen LogP contribution in [-0.4, -0.2) is 61.2 Å². The van der Waals surface area contributed by atoms with Crippen molar-refractivity contribution in [1.82, 2.24) is 9.80 Å². The summed E-state index contributed by atoms with van der Waals surface area (Å²) in [6.07, 6.45) is 0.863. The molecule has 3 aliphatic rings. The van der Waals surface area contributed by atoms with Crippen molar-refractivity contribution in [3.63, 3.8) is 0 Å². The minimum atomic E-state index is -0.0417. The largest absolute Gasteiger partial charge is 0.484 e. The van der Waals surface area contributed by atoms with Crippen LogP contribution >= 0.6 is 0 Å². The second-order valence-corrected chi connectivity index (χ2v) is 8.32. The van der Waals surface area contributed by atoms with Gasteiger partial charge in [-0.15, -0.1) is 0 Å². The van der Waals surface area contributed by atoms with Crippen molar-refractivity contribution in [1.29, 1.82) is 0 Å². The van der Waals surface area contributed by atoms with Crippen LogP contribution in [0.5, 0.6) is 17.2 Å². The lowest BCUT2D eigenvalue weighted by Gasteiger charge is -2.35. The average Bonchev–Trinajstić information content (AvgIpc) is 3.46. The van der Waals surface area contributed by atoms with E-state index in [1.165, 1.54) is 0 Å². The summed E-state index contributed by atoms with van der Waals surface area (Å²) in [6, 6.07) is 13.6. The minimum Gasteiger partial charge on any atom is -0.484 e. The van der Waals surface area contributed by atoms with Gasteiger partial charge in [-0.3, -0.25) is 9.59 Å². The molecule has 0 bridgehead atoms. The van der Waals surface area contributed by atoms with E-state index < -0.39 is 0 Å². The van der Waals surface area contributed by atoms with Crippen molar-refractivity contribution < 1.29 is 23.8 Å². The third kappa shape index (κ3) is 4.04. The zero-order chi connectivity index (χ0) is 21.4. The molecule has 0 aromatic heterocycles. The van der Waals surface area contributed by atoms with Crippen molar-refractivity contribution in [2.45, 2.75) is 19.3 Å². The molecule has 7 nitrogen and oxygen atoms in total. The van der Waals surface area contributed by atoms with Crippen LogP contribution in [0.4, 0.5) is 0 Å². The highest BCUT2D eigenvalue weighted by molar-refractivity contribution is 5.84. The van der Waals surface area contributed by atoms with E-state index >= 15 is 0 Å². The molecule has 2 aromatic carbocycles. The van der Waals surface area contributed by atoms with E-state index in [1.54, 1.807) is 4.90 Å². The topological polar surface area (TPSA) is 68.3 Å². The lowest BCUT2D eigenvalue weighted by Crippen LogP contribution is -2.52. The van der Waals surface area contributed by atoms with E-state index in [0.717, 1.165) is 34.8 Å². The number of nitrogens with zero attached hydrogens (tertiary/aromatic N) is 2. The molecule has 0 spiro atoms. The maximum absolute atomic E-state index is 12.9. The average molecular weight is 422 g/mol. The normalized spacial score (nSPS) is 21.7. The molecule has 0 radical (unpaired) electrons. The molecule has 2 atom stereocenters. The maximum atomic E-state index is 12.9. The predicted molar refractivity (Wildman–Crippen MR) is 113 cm³/mol. The van der Waals surface area contributed by atoms with E-state index in [4.69, 9.17) is 14.2 Å². The molecule has 1 aliphatic carbocycles. The number of ether oxygens (including phenoxy) is 3. The van der Waals surface area contributed by atoms with Crippen molar-refractivity contribution in [3.05, 3.63) is 53.6 Å². The number of para-hydroxylation sites is 1. The second-order valence-electron chi connectivity index (χ2n) is 8.32. The lowest BCUT2D eigenvalue weighted by molar-refractivity contribution is -0.141. The third-order valence-corrected chi connectivity index (χ3v) is 6.32. The molecule has 2 fully saturated rings. The van der Waals surface area contributed by atoms with E-state index in [9.17, 15) is 9.59 Å². The number of carbonyl (C=O) groups is 2. The Morgan fingerprint density at radius 3 is 2.55 bits per heavy atom. The van der Waals surface area contributed by atoms with Crippen LogP contribution in [0.2, 0.25) is 0 Å². The number of rotatable bonds is 5. The molecule has 2 unspecified atom stereocenters. The molecule has 1 saturated carbocycles. The Bertz CT molecular complexity index is 999. The standard InChI is InChI=1S/C24H26N2O5/c1-16-4-2-3-5-20(16)29-14-23(27)25-8-10-26(11-9-25)24(28)19-13-18(19)17-6-7-21-22(12-17)31-15-30-21/h2-7,12,18-19H,8-11,13-15H2,1H3. The van der Waals surface area contributed by atoms with Gasteiger partial charge < -0.3 is 24.0 Å². The number of hydrogen-bond acceptors (Lipinski definition) is 5. The fraction of sp³-hybridized carbons (Fsp3) is 0.417. The Morgan fingerprint density at radius 1 is 1.00 bits per heavy atom. The Kier molecular flexibility index (Phi) is 5.18. The lowest BCUT2D eigenvalue weighted by atomic mass is 10.1. The minimum absolute atomic E-state index is 0.0204. The SMILES string of the molecule is Cc1ccccc1OCC(=O)N1CCN(C(=O)C2CC2c2ccc3c(c2)OCO3)CC1. The summed E-state index contributed by atoms with van der Waals surface area (Å²) in [5.41, 5.74) is 2.14.